The van der Waals surface area contributed by atoms with Crippen molar-refractivity contribution in [3.63, 3.8) is 0 Å². The number of aromatic nitrogens is 3. The molecule has 1 heterocycles. The fourth-order valence-electron chi connectivity index (χ4n) is 1.95. The average molecular weight is 244 g/mol. The molecule has 0 saturated carbocycles. The molecule has 0 radical (unpaired) electrons. The molecule has 1 aromatic carbocycles. The summed E-state index contributed by atoms with van der Waals surface area (Å²) in [6.45, 7) is 2.13. The Labute approximate surface area is 108 Å². The van der Waals surface area contributed by atoms with E-state index < -0.39 is 0 Å². The molecule has 0 saturated heterocycles. The van der Waals surface area contributed by atoms with Crippen molar-refractivity contribution < 1.29 is 0 Å². The molecule has 3 N–H and O–H groups in total. The molecule has 0 spiro atoms. The van der Waals surface area contributed by atoms with Crippen LogP contribution in [0.5, 0.6) is 0 Å². The summed E-state index contributed by atoms with van der Waals surface area (Å²) in [6, 6.07) is 10.2. The molecule has 0 fully saturated rings. The summed E-state index contributed by atoms with van der Waals surface area (Å²) in [7, 11) is 0. The fourth-order valence-corrected chi connectivity index (χ4v) is 1.95. The van der Waals surface area contributed by atoms with Crippen molar-refractivity contribution in [3.8, 4) is 0 Å². The number of nitrogens with two attached hydrogens (primary N) is 1. The van der Waals surface area contributed by atoms with E-state index in [4.69, 9.17) is 5.73 Å². The highest BCUT2D eigenvalue weighted by molar-refractivity contribution is 5.18. The molecule has 4 heteroatoms. The van der Waals surface area contributed by atoms with Crippen LogP contribution in [0.2, 0.25) is 0 Å². The molecule has 18 heavy (non-hydrogen) atoms. The van der Waals surface area contributed by atoms with Gasteiger partial charge in [-0.2, -0.15) is 5.10 Å². The maximum absolute atomic E-state index is 6.14. The number of aryl methyl sites for hydroxylation is 2. The number of H-pyrrole nitrogens is 1. The molecule has 2 rings (SSSR count). The molecule has 0 bridgehead atoms. The largest absolute Gasteiger partial charge is 0.324 e. The summed E-state index contributed by atoms with van der Waals surface area (Å²) in [4.78, 5) is 4.44. The van der Waals surface area contributed by atoms with Crippen LogP contribution in [0.3, 0.4) is 0 Å². The molecule has 1 atom stereocenters. The van der Waals surface area contributed by atoms with E-state index >= 15 is 0 Å². The minimum absolute atomic E-state index is 0.0549. The van der Waals surface area contributed by atoms with Crippen LogP contribution in [0.4, 0.5) is 0 Å². The molecule has 96 valence electrons. The number of rotatable bonds is 6. The lowest BCUT2D eigenvalue weighted by atomic mass is 10.0. The van der Waals surface area contributed by atoms with Crippen molar-refractivity contribution in [2.24, 2.45) is 5.73 Å². The van der Waals surface area contributed by atoms with Crippen LogP contribution in [0.25, 0.3) is 0 Å². The summed E-state index contributed by atoms with van der Waals surface area (Å²) in [5, 5.41) is 7.18. The van der Waals surface area contributed by atoms with Gasteiger partial charge in [0.1, 0.15) is 5.82 Å². The topological polar surface area (TPSA) is 67.6 Å². The van der Waals surface area contributed by atoms with E-state index in [1.807, 2.05) is 18.2 Å². The van der Waals surface area contributed by atoms with Gasteiger partial charge in [0.2, 0.25) is 0 Å². The van der Waals surface area contributed by atoms with E-state index in [1.54, 1.807) is 0 Å². The SMILES string of the molecule is CCCc1nc(CCC(N)c2ccccc2)n[nH]1. The van der Waals surface area contributed by atoms with Crippen LogP contribution in [0.15, 0.2) is 30.3 Å². The van der Waals surface area contributed by atoms with Crippen molar-refractivity contribution in [1.29, 1.82) is 0 Å². The van der Waals surface area contributed by atoms with Gasteiger partial charge in [-0.15, -0.1) is 0 Å². The molecule has 0 aliphatic carbocycles. The van der Waals surface area contributed by atoms with Crippen molar-refractivity contribution in [3.05, 3.63) is 47.5 Å². The Bertz CT molecular complexity index is 464. The van der Waals surface area contributed by atoms with Crippen molar-refractivity contribution in [1.82, 2.24) is 15.2 Å². The van der Waals surface area contributed by atoms with Gasteiger partial charge in [-0.05, 0) is 18.4 Å². The molecule has 1 unspecified atom stereocenters. The predicted molar refractivity (Wildman–Crippen MR) is 72.1 cm³/mol. The number of nitrogens with zero attached hydrogens (tertiary/aromatic N) is 2. The zero-order valence-electron chi connectivity index (χ0n) is 10.8. The fraction of sp³-hybridized carbons (Fsp3) is 0.429. The second-order valence-corrected chi connectivity index (χ2v) is 4.50. The molecular formula is C14H20N4. The van der Waals surface area contributed by atoms with Crippen molar-refractivity contribution in [2.45, 2.75) is 38.6 Å². The first-order valence-corrected chi connectivity index (χ1v) is 6.50. The Morgan fingerprint density at radius 3 is 2.72 bits per heavy atom. The lowest BCUT2D eigenvalue weighted by Gasteiger charge is -2.10. The molecule has 4 nitrogen and oxygen atoms in total. The third-order valence-corrected chi connectivity index (χ3v) is 2.97. The van der Waals surface area contributed by atoms with Gasteiger partial charge in [-0.3, -0.25) is 5.10 Å². The zero-order valence-corrected chi connectivity index (χ0v) is 10.8. The third-order valence-electron chi connectivity index (χ3n) is 2.97. The first-order chi connectivity index (χ1) is 8.79. The quantitative estimate of drug-likeness (QED) is 0.819. The summed E-state index contributed by atoms with van der Waals surface area (Å²) in [6.07, 6.45) is 3.72. The number of hydrogen-bond donors (Lipinski definition) is 2. The van der Waals surface area contributed by atoms with E-state index in [0.717, 1.165) is 37.3 Å². The highest BCUT2D eigenvalue weighted by atomic mass is 15.2. The monoisotopic (exact) mass is 244 g/mol. The van der Waals surface area contributed by atoms with Crippen LogP contribution in [0, 0.1) is 0 Å². The highest BCUT2D eigenvalue weighted by Crippen LogP contribution is 2.15. The second kappa shape index (κ2) is 6.31. The number of nitrogens with one attached hydrogen (secondary N) is 1. The predicted octanol–water partition coefficient (Wildman–Crippen LogP) is 2.39. The Hall–Kier alpha value is -1.68. The summed E-state index contributed by atoms with van der Waals surface area (Å²) in [5.74, 6) is 1.84. The van der Waals surface area contributed by atoms with Crippen LogP contribution < -0.4 is 5.73 Å². The van der Waals surface area contributed by atoms with E-state index in [2.05, 4.69) is 34.2 Å². The smallest absolute Gasteiger partial charge is 0.150 e. The van der Waals surface area contributed by atoms with E-state index in [0.29, 0.717) is 0 Å². The Morgan fingerprint density at radius 2 is 2.00 bits per heavy atom. The summed E-state index contributed by atoms with van der Waals surface area (Å²) in [5.41, 5.74) is 7.31. The van der Waals surface area contributed by atoms with Gasteiger partial charge in [-0.25, -0.2) is 4.98 Å². The maximum Gasteiger partial charge on any atom is 0.150 e. The Balaban J connectivity index is 1.87. The maximum atomic E-state index is 6.14. The van der Waals surface area contributed by atoms with Crippen LogP contribution >= 0.6 is 0 Å². The number of hydrogen-bond acceptors (Lipinski definition) is 3. The lowest BCUT2D eigenvalue weighted by molar-refractivity contribution is 0.635. The average Bonchev–Trinajstić information content (AvgIpc) is 2.85. The number of benzene rings is 1. The molecule has 0 amide bonds. The highest BCUT2D eigenvalue weighted by Gasteiger charge is 2.08. The van der Waals surface area contributed by atoms with Crippen molar-refractivity contribution in [2.75, 3.05) is 0 Å². The minimum Gasteiger partial charge on any atom is -0.324 e. The third kappa shape index (κ3) is 3.40. The van der Waals surface area contributed by atoms with Crippen molar-refractivity contribution >= 4 is 0 Å². The van der Waals surface area contributed by atoms with Gasteiger partial charge in [0.25, 0.3) is 0 Å². The number of aromatic amines is 1. The van der Waals surface area contributed by atoms with Crippen LogP contribution in [-0.2, 0) is 12.8 Å². The molecule has 0 aliphatic rings. The van der Waals surface area contributed by atoms with Gasteiger partial charge in [0.05, 0.1) is 0 Å². The lowest BCUT2D eigenvalue weighted by Crippen LogP contribution is -2.11. The molecular weight excluding hydrogens is 224 g/mol. The molecule has 1 aromatic heterocycles. The van der Waals surface area contributed by atoms with Crippen LogP contribution in [0.1, 0.15) is 43.0 Å². The first-order valence-electron chi connectivity index (χ1n) is 6.50. The van der Waals surface area contributed by atoms with Gasteiger partial charge < -0.3 is 5.73 Å². The second-order valence-electron chi connectivity index (χ2n) is 4.50. The molecule has 2 aromatic rings. The molecule has 0 aliphatic heterocycles. The van der Waals surface area contributed by atoms with Crippen LogP contribution in [-0.4, -0.2) is 15.2 Å². The van der Waals surface area contributed by atoms with Gasteiger partial charge >= 0.3 is 0 Å². The van der Waals surface area contributed by atoms with Gasteiger partial charge in [0, 0.05) is 18.9 Å². The summed E-state index contributed by atoms with van der Waals surface area (Å²) >= 11 is 0. The summed E-state index contributed by atoms with van der Waals surface area (Å²) < 4.78 is 0. The Morgan fingerprint density at radius 1 is 1.22 bits per heavy atom. The Kier molecular flexibility index (Phi) is 4.47. The normalized spacial score (nSPS) is 12.6. The van der Waals surface area contributed by atoms with E-state index in [1.165, 1.54) is 5.56 Å². The van der Waals surface area contributed by atoms with Gasteiger partial charge in [0.15, 0.2) is 5.82 Å². The minimum atomic E-state index is 0.0549. The van der Waals surface area contributed by atoms with E-state index in [9.17, 15) is 0 Å². The zero-order chi connectivity index (χ0) is 12.8. The standard InChI is InChI=1S/C14H20N4/c1-2-6-13-16-14(18-17-13)10-9-12(15)11-7-4-3-5-8-11/h3-5,7-8,12H,2,6,9-10,15H2,1H3,(H,16,17,18). The first kappa shape index (κ1) is 12.8. The van der Waals surface area contributed by atoms with E-state index in [-0.39, 0.29) is 6.04 Å². The van der Waals surface area contributed by atoms with Gasteiger partial charge in [-0.1, -0.05) is 37.3 Å².